The summed E-state index contributed by atoms with van der Waals surface area (Å²) in [5, 5.41) is 7.85. The van der Waals surface area contributed by atoms with Crippen LogP contribution in [0.15, 0.2) is 47.0 Å². The van der Waals surface area contributed by atoms with Gasteiger partial charge in [0.05, 0.1) is 0 Å². The van der Waals surface area contributed by atoms with Gasteiger partial charge >= 0.3 is 6.01 Å². The van der Waals surface area contributed by atoms with Crippen LogP contribution in [0.25, 0.3) is 11.4 Å². The van der Waals surface area contributed by atoms with Crippen LogP contribution >= 0.6 is 23.2 Å². The number of nitrogens with two attached hydrogens (primary N) is 1. The van der Waals surface area contributed by atoms with Gasteiger partial charge in [0.1, 0.15) is 0 Å². The average Bonchev–Trinajstić information content (AvgIpc) is 3.01. The minimum atomic E-state index is -0.477. The first-order chi connectivity index (χ1) is 11.5. The van der Waals surface area contributed by atoms with Crippen molar-refractivity contribution >= 4 is 35.1 Å². The number of hydrogen-bond donors (Lipinski definition) is 2. The molecule has 1 aromatic heterocycles. The Morgan fingerprint density at radius 3 is 2.62 bits per heavy atom. The number of anilines is 1. The summed E-state index contributed by atoms with van der Waals surface area (Å²) in [5.41, 5.74) is 7.21. The van der Waals surface area contributed by atoms with E-state index in [2.05, 4.69) is 15.5 Å². The monoisotopic (exact) mass is 362 g/mol. The largest absolute Gasteiger partial charge is 0.366 e. The second-order valence-corrected chi connectivity index (χ2v) is 5.87. The Morgan fingerprint density at radius 2 is 1.92 bits per heavy atom. The molecule has 122 valence electrons. The molecule has 0 fully saturated rings. The van der Waals surface area contributed by atoms with Crippen molar-refractivity contribution in [2.75, 3.05) is 5.32 Å². The van der Waals surface area contributed by atoms with E-state index in [0.717, 1.165) is 5.56 Å². The van der Waals surface area contributed by atoms with E-state index in [1.807, 2.05) is 6.07 Å². The maximum absolute atomic E-state index is 11.2. The molecule has 0 bridgehead atoms. The summed E-state index contributed by atoms with van der Waals surface area (Å²) in [5.74, 6) is -0.109. The number of aromatic nitrogens is 2. The summed E-state index contributed by atoms with van der Waals surface area (Å²) in [6.45, 7) is 0.402. The second-order valence-electron chi connectivity index (χ2n) is 5.00. The first-order valence-electron chi connectivity index (χ1n) is 6.94. The normalized spacial score (nSPS) is 10.6. The van der Waals surface area contributed by atoms with Crippen LogP contribution in [0, 0.1) is 0 Å². The first kappa shape index (κ1) is 16.3. The molecule has 0 spiro atoms. The molecule has 0 unspecified atom stereocenters. The van der Waals surface area contributed by atoms with Gasteiger partial charge < -0.3 is 15.6 Å². The molecule has 0 aliphatic rings. The van der Waals surface area contributed by atoms with E-state index in [0.29, 0.717) is 33.5 Å². The number of rotatable bonds is 5. The Kier molecular flexibility index (Phi) is 4.69. The predicted molar refractivity (Wildman–Crippen MR) is 92.0 cm³/mol. The second kappa shape index (κ2) is 6.90. The zero-order valence-corrected chi connectivity index (χ0v) is 13.8. The lowest BCUT2D eigenvalue weighted by Gasteiger charge is -2.03. The summed E-state index contributed by atoms with van der Waals surface area (Å²) < 4.78 is 5.15. The smallest absolute Gasteiger partial charge is 0.322 e. The fourth-order valence-corrected chi connectivity index (χ4v) is 2.63. The zero-order valence-electron chi connectivity index (χ0n) is 12.3. The summed E-state index contributed by atoms with van der Waals surface area (Å²) in [6, 6.07) is 12.2. The summed E-state index contributed by atoms with van der Waals surface area (Å²) >= 11 is 11.9. The van der Waals surface area contributed by atoms with Gasteiger partial charge in [-0.2, -0.15) is 4.98 Å². The fourth-order valence-electron chi connectivity index (χ4n) is 2.11. The highest BCUT2D eigenvalue weighted by molar-refractivity contribution is 6.35. The highest BCUT2D eigenvalue weighted by Gasteiger charge is 2.10. The fraction of sp³-hybridized carbons (Fsp3) is 0.0625. The quantitative estimate of drug-likeness (QED) is 0.720. The van der Waals surface area contributed by atoms with E-state index in [1.165, 1.54) is 0 Å². The summed E-state index contributed by atoms with van der Waals surface area (Å²) in [4.78, 5) is 15.4. The topological polar surface area (TPSA) is 94.0 Å². The minimum Gasteiger partial charge on any atom is -0.366 e. The molecule has 2 aromatic carbocycles. The van der Waals surface area contributed by atoms with E-state index < -0.39 is 5.91 Å². The van der Waals surface area contributed by atoms with Crippen molar-refractivity contribution in [2.45, 2.75) is 6.54 Å². The number of nitrogens with one attached hydrogen (secondary N) is 1. The average molecular weight is 363 g/mol. The van der Waals surface area contributed by atoms with Crippen molar-refractivity contribution in [3.63, 3.8) is 0 Å². The molecule has 24 heavy (non-hydrogen) atoms. The molecule has 8 heteroatoms. The molecule has 0 radical (unpaired) electrons. The zero-order chi connectivity index (χ0) is 17.1. The molecule has 3 rings (SSSR count). The van der Waals surface area contributed by atoms with Gasteiger partial charge in [-0.25, -0.2) is 0 Å². The van der Waals surface area contributed by atoms with Crippen LogP contribution in [0.4, 0.5) is 6.01 Å². The van der Waals surface area contributed by atoms with Gasteiger partial charge in [0.15, 0.2) is 0 Å². The highest BCUT2D eigenvalue weighted by atomic mass is 35.5. The molecule has 6 nitrogen and oxygen atoms in total. The number of primary amides is 1. The summed E-state index contributed by atoms with van der Waals surface area (Å²) in [6.07, 6.45) is 0. The molecule has 0 atom stereocenters. The minimum absolute atomic E-state index is 0.241. The van der Waals surface area contributed by atoms with Crippen LogP contribution in [-0.2, 0) is 6.54 Å². The maximum atomic E-state index is 11.2. The van der Waals surface area contributed by atoms with Gasteiger partial charge in [-0.3, -0.25) is 4.79 Å². The Labute approximate surface area is 147 Å². The molecule has 3 aromatic rings. The van der Waals surface area contributed by atoms with Crippen LogP contribution < -0.4 is 11.1 Å². The van der Waals surface area contributed by atoms with E-state index >= 15 is 0 Å². The van der Waals surface area contributed by atoms with Crippen molar-refractivity contribution in [2.24, 2.45) is 5.73 Å². The highest BCUT2D eigenvalue weighted by Crippen LogP contribution is 2.26. The number of amides is 1. The van der Waals surface area contributed by atoms with Crippen LogP contribution in [0.2, 0.25) is 10.0 Å². The Bertz CT molecular complexity index is 875. The van der Waals surface area contributed by atoms with E-state index in [-0.39, 0.29) is 6.01 Å². The SMILES string of the molecule is NC(=O)c1cccc(CNc2nc(-c3cc(Cl)cc(Cl)c3)no2)c1. The maximum Gasteiger partial charge on any atom is 0.322 e. The molecule has 0 aliphatic heterocycles. The van der Waals surface area contributed by atoms with Crippen molar-refractivity contribution in [3.8, 4) is 11.4 Å². The molecule has 0 saturated heterocycles. The van der Waals surface area contributed by atoms with Gasteiger partial charge in [0, 0.05) is 27.7 Å². The number of carbonyl (C=O) groups excluding carboxylic acids is 1. The number of benzene rings is 2. The first-order valence-corrected chi connectivity index (χ1v) is 7.69. The van der Waals surface area contributed by atoms with Crippen molar-refractivity contribution < 1.29 is 9.32 Å². The third-order valence-electron chi connectivity index (χ3n) is 3.20. The lowest BCUT2D eigenvalue weighted by atomic mass is 10.1. The van der Waals surface area contributed by atoms with Crippen LogP contribution in [0.1, 0.15) is 15.9 Å². The molecular formula is C16H12Cl2N4O2. The number of halogens is 2. The Hall–Kier alpha value is -2.57. The number of nitrogens with zero attached hydrogens (tertiary/aromatic N) is 2. The molecule has 0 aliphatic carbocycles. The molecule has 1 heterocycles. The Balaban J connectivity index is 1.72. The van der Waals surface area contributed by atoms with Crippen LogP contribution in [-0.4, -0.2) is 16.0 Å². The molecule has 3 N–H and O–H groups in total. The van der Waals surface area contributed by atoms with Gasteiger partial charge in [0.25, 0.3) is 0 Å². The van der Waals surface area contributed by atoms with E-state index in [9.17, 15) is 4.79 Å². The van der Waals surface area contributed by atoms with Crippen molar-refractivity contribution in [3.05, 3.63) is 63.6 Å². The Morgan fingerprint density at radius 1 is 1.17 bits per heavy atom. The lowest BCUT2D eigenvalue weighted by molar-refractivity contribution is 0.1000. The van der Waals surface area contributed by atoms with Gasteiger partial charge in [-0.15, -0.1) is 0 Å². The molecular weight excluding hydrogens is 351 g/mol. The standard InChI is InChI=1S/C16H12Cl2N4O2/c17-12-5-11(6-13(18)7-12)15-21-16(24-22-15)20-8-9-2-1-3-10(4-9)14(19)23/h1-7H,8H2,(H2,19,23)(H,20,21,22). The van der Waals surface area contributed by atoms with Crippen molar-refractivity contribution in [1.82, 2.24) is 10.1 Å². The lowest BCUT2D eigenvalue weighted by Crippen LogP contribution is -2.11. The van der Waals surface area contributed by atoms with Crippen LogP contribution in [0.5, 0.6) is 0 Å². The number of carbonyl (C=O) groups is 1. The number of hydrogen-bond acceptors (Lipinski definition) is 5. The van der Waals surface area contributed by atoms with Crippen molar-refractivity contribution in [1.29, 1.82) is 0 Å². The summed E-state index contributed by atoms with van der Waals surface area (Å²) in [7, 11) is 0. The van der Waals surface area contributed by atoms with E-state index in [4.69, 9.17) is 33.5 Å². The molecule has 0 saturated carbocycles. The van der Waals surface area contributed by atoms with Gasteiger partial charge in [0.2, 0.25) is 11.7 Å². The predicted octanol–water partition coefficient (Wildman–Crippen LogP) is 3.75. The van der Waals surface area contributed by atoms with E-state index in [1.54, 1.807) is 36.4 Å². The third kappa shape index (κ3) is 3.84. The van der Waals surface area contributed by atoms with Gasteiger partial charge in [-0.1, -0.05) is 40.5 Å². The molecule has 1 amide bonds. The van der Waals surface area contributed by atoms with Gasteiger partial charge in [-0.05, 0) is 35.9 Å². The van der Waals surface area contributed by atoms with Crippen LogP contribution in [0.3, 0.4) is 0 Å². The third-order valence-corrected chi connectivity index (χ3v) is 3.64.